The molecule has 1 aromatic rings. The Morgan fingerprint density at radius 2 is 1.73 bits per heavy atom. The van der Waals surface area contributed by atoms with Crippen molar-refractivity contribution in [3.8, 4) is 5.75 Å². The quantitative estimate of drug-likeness (QED) is 0.214. The topological polar surface area (TPSA) is 222 Å². The van der Waals surface area contributed by atoms with Crippen LogP contribution >= 0.6 is 12.4 Å². The van der Waals surface area contributed by atoms with E-state index in [1.54, 1.807) is 4.90 Å². The van der Waals surface area contributed by atoms with Crippen molar-refractivity contribution in [3.05, 3.63) is 52.0 Å². The Bertz CT molecular complexity index is 1390. The summed E-state index contributed by atoms with van der Waals surface area (Å²) in [6.45, 7) is 2.21. The molecule has 0 aromatic heterocycles. The van der Waals surface area contributed by atoms with E-state index in [0.29, 0.717) is 5.91 Å². The Morgan fingerprint density at radius 3 is 2.20 bits per heavy atom. The van der Waals surface area contributed by atoms with Crippen LogP contribution < -0.4 is 5.73 Å². The van der Waals surface area contributed by atoms with Gasteiger partial charge in [0.25, 0.3) is 5.91 Å². The van der Waals surface area contributed by atoms with Gasteiger partial charge in [-0.2, -0.15) is 0 Å². The van der Waals surface area contributed by atoms with Crippen LogP contribution in [0.1, 0.15) is 35.7 Å². The smallest absolute Gasteiger partial charge is 0.255 e. The molecule has 13 nitrogen and oxygen atoms in total. The van der Waals surface area contributed by atoms with E-state index in [2.05, 4.69) is 0 Å². The van der Waals surface area contributed by atoms with E-state index in [1.165, 1.54) is 44.1 Å². The summed E-state index contributed by atoms with van der Waals surface area (Å²) in [6, 6.07) is 2.54. The minimum atomic E-state index is -3.02. The molecule has 0 bridgehead atoms. The minimum Gasteiger partial charge on any atom is -0.510 e. The number of aliphatic hydroxyl groups excluding tert-OH is 3. The average molecular weight is 596 g/mol. The second-order valence-electron chi connectivity index (χ2n) is 11.0. The van der Waals surface area contributed by atoms with E-state index < -0.39 is 81.1 Å². The van der Waals surface area contributed by atoms with E-state index >= 15 is 0 Å². The Morgan fingerprint density at radius 1 is 1.12 bits per heavy atom. The number of halogens is 1. The highest BCUT2D eigenvalue weighted by atomic mass is 35.5. The first-order valence-corrected chi connectivity index (χ1v) is 12.6. The number of Topliss-reactive ketones (excluding diaryl/α,β-unsaturated/α-hetero) is 2. The first-order valence-electron chi connectivity index (χ1n) is 12.6. The van der Waals surface area contributed by atoms with Crippen LogP contribution in [0.4, 0.5) is 0 Å². The number of fused-ring (bicyclic) bond motifs is 3. The molecule has 8 N–H and O–H groups in total. The van der Waals surface area contributed by atoms with Gasteiger partial charge in [0.2, 0.25) is 11.7 Å². The van der Waals surface area contributed by atoms with E-state index in [-0.39, 0.29) is 23.5 Å². The molecule has 0 spiro atoms. The maximum Gasteiger partial charge on any atom is 0.255 e. The summed E-state index contributed by atoms with van der Waals surface area (Å²) in [4.78, 5) is 52.1. The van der Waals surface area contributed by atoms with Crippen LogP contribution in [0.15, 0.2) is 40.9 Å². The number of ketones is 2. The molecule has 1 aromatic carbocycles. The summed E-state index contributed by atoms with van der Waals surface area (Å²) in [7, 11) is 4.70. The monoisotopic (exact) mass is 595 g/mol. The number of likely N-dealkylation sites (tertiary alicyclic amines) is 1. The zero-order chi connectivity index (χ0) is 30.1. The molecule has 0 radical (unpaired) electrons. The van der Waals surface area contributed by atoms with Gasteiger partial charge in [0, 0.05) is 20.0 Å². The highest BCUT2D eigenvalue weighted by molar-refractivity contribution is 6.25. The Balaban J connectivity index is 0.000000506. The number of carbonyl (C=O) groups excluding carboxylic acids is 4. The molecule has 2 amide bonds. The molecule has 3 aliphatic carbocycles. The van der Waals surface area contributed by atoms with Crippen molar-refractivity contribution >= 4 is 35.8 Å². The van der Waals surface area contributed by atoms with Gasteiger partial charge in [0.05, 0.1) is 40.7 Å². The van der Waals surface area contributed by atoms with Crippen molar-refractivity contribution < 1.29 is 49.8 Å². The second kappa shape index (κ2) is 10.7. The van der Waals surface area contributed by atoms with E-state index in [1.807, 2.05) is 7.05 Å². The van der Waals surface area contributed by atoms with E-state index in [4.69, 9.17) is 5.73 Å². The van der Waals surface area contributed by atoms with Crippen LogP contribution in [0.25, 0.3) is 0 Å². The summed E-state index contributed by atoms with van der Waals surface area (Å²) in [5.41, 5.74) is -1.88. The van der Waals surface area contributed by atoms with Crippen molar-refractivity contribution in [2.24, 2.45) is 17.6 Å². The van der Waals surface area contributed by atoms with Crippen LogP contribution in [-0.2, 0) is 20.0 Å². The van der Waals surface area contributed by atoms with Gasteiger partial charge in [0.1, 0.15) is 22.8 Å². The summed E-state index contributed by atoms with van der Waals surface area (Å²) in [5.74, 6) is -9.37. The largest absolute Gasteiger partial charge is 0.510 e. The van der Waals surface area contributed by atoms with E-state index in [9.17, 15) is 49.8 Å². The summed E-state index contributed by atoms with van der Waals surface area (Å²) >= 11 is 0. The van der Waals surface area contributed by atoms with Crippen LogP contribution in [0.2, 0.25) is 0 Å². The number of carbonyl (C=O) groups is 4. The van der Waals surface area contributed by atoms with Crippen molar-refractivity contribution in [1.29, 1.82) is 0 Å². The van der Waals surface area contributed by atoms with Crippen LogP contribution in [-0.4, -0.2) is 109 Å². The molecular formula is C27H34ClN3O10. The van der Waals surface area contributed by atoms with Gasteiger partial charge in [-0.25, -0.2) is 0 Å². The van der Waals surface area contributed by atoms with Crippen molar-refractivity contribution in [3.63, 3.8) is 0 Å². The summed E-state index contributed by atoms with van der Waals surface area (Å²) < 4.78 is 0. The lowest BCUT2D eigenvalue weighted by atomic mass is 9.54. The molecule has 224 valence electrons. The van der Waals surface area contributed by atoms with Crippen LogP contribution in [0.5, 0.6) is 5.75 Å². The highest BCUT2D eigenvalue weighted by Gasteiger charge is 2.69. The number of primary amides is 1. The predicted molar refractivity (Wildman–Crippen MR) is 145 cm³/mol. The Labute approximate surface area is 241 Å². The van der Waals surface area contributed by atoms with Crippen molar-refractivity contribution in [2.75, 3.05) is 27.7 Å². The van der Waals surface area contributed by atoms with Gasteiger partial charge in [-0.15, -0.1) is 12.4 Å². The molecule has 1 saturated heterocycles. The van der Waals surface area contributed by atoms with E-state index in [0.717, 1.165) is 19.4 Å². The number of rotatable bonds is 2. The van der Waals surface area contributed by atoms with Gasteiger partial charge in [-0.05, 0) is 39.1 Å². The third-order valence-corrected chi connectivity index (χ3v) is 8.35. The third kappa shape index (κ3) is 4.48. The molecule has 1 heterocycles. The summed E-state index contributed by atoms with van der Waals surface area (Å²) in [5, 5.41) is 66.5. The number of benzene rings is 1. The lowest BCUT2D eigenvalue weighted by Gasteiger charge is -2.55. The number of phenolic OH excluding ortho intramolecular Hbond substituents is 1. The van der Waals surface area contributed by atoms with Crippen LogP contribution in [0, 0.1) is 11.8 Å². The van der Waals surface area contributed by atoms with Gasteiger partial charge < -0.3 is 41.3 Å². The molecule has 4 aliphatic rings. The Hall–Kier alpha value is -3.49. The SMILES string of the molecule is CN(C)C1C(O)=C(C(N)=O)C(=O)C2(O)C(O)=C3C(=O)c4c(O)cccc4C(C)(O)C3C(O)C12.CN1CCCC1=O.Cl. The van der Waals surface area contributed by atoms with Gasteiger partial charge in [-0.1, -0.05) is 12.1 Å². The number of likely N-dealkylation sites (N-methyl/N-ethyl adjacent to an activating group) is 1. The first-order chi connectivity index (χ1) is 18.5. The third-order valence-electron chi connectivity index (χ3n) is 8.35. The number of phenols is 1. The lowest BCUT2D eigenvalue weighted by Crippen LogP contribution is -2.70. The number of nitrogens with zero attached hydrogens (tertiary/aromatic N) is 2. The molecule has 6 atom stereocenters. The van der Waals surface area contributed by atoms with Gasteiger partial charge >= 0.3 is 0 Å². The zero-order valence-corrected chi connectivity index (χ0v) is 23.7. The molecule has 41 heavy (non-hydrogen) atoms. The number of hydrogen-bond acceptors (Lipinski definition) is 11. The summed E-state index contributed by atoms with van der Waals surface area (Å²) in [6.07, 6.45) is -0.0606. The average Bonchev–Trinajstić information content (AvgIpc) is 3.23. The standard InChI is InChI=1S/C22H24N2O9.C5H9NO.ClH/c1-21(32)7-5-4-6-8(25)9(7)15(26)10-12(21)17(28)13-14(24(2)3)16(27)11(20(23)31)19(30)22(13,33)18(10)29;1-6-4-2-3-5(6)7;/h4-6,12-14,17,25,27-29,32-33H,1-3H3,(H2,23,31);2-4H2,1H3;1H. The molecule has 5 rings (SSSR count). The zero-order valence-electron chi connectivity index (χ0n) is 22.9. The van der Waals surface area contributed by atoms with Crippen molar-refractivity contribution in [2.45, 2.75) is 43.1 Å². The fraction of sp³-hybridized carbons (Fsp3) is 0.481. The molecular weight excluding hydrogens is 562 g/mol. The van der Waals surface area contributed by atoms with Gasteiger partial charge in [-0.3, -0.25) is 24.1 Å². The molecule has 6 unspecified atom stereocenters. The number of amides is 2. The normalized spacial score (nSPS) is 32.6. The fourth-order valence-corrected chi connectivity index (χ4v) is 6.39. The molecule has 14 heteroatoms. The molecule has 0 saturated carbocycles. The van der Waals surface area contributed by atoms with Crippen LogP contribution in [0.3, 0.4) is 0 Å². The second-order valence-corrected chi connectivity index (χ2v) is 11.0. The molecule has 1 aliphatic heterocycles. The van der Waals surface area contributed by atoms with Gasteiger partial charge in [0.15, 0.2) is 11.4 Å². The maximum atomic E-state index is 13.3. The first kappa shape index (κ1) is 32.0. The fourth-order valence-electron chi connectivity index (χ4n) is 6.39. The minimum absolute atomic E-state index is 0. The number of aromatic hydroxyl groups is 1. The maximum absolute atomic E-state index is 13.3. The predicted octanol–water partition coefficient (Wildman–Crippen LogP) is -0.583. The number of aliphatic hydroxyl groups is 5. The number of hydrogen-bond donors (Lipinski definition) is 7. The lowest BCUT2D eigenvalue weighted by molar-refractivity contribution is -0.173. The molecule has 1 fully saturated rings. The van der Waals surface area contributed by atoms with Crippen molar-refractivity contribution in [1.82, 2.24) is 9.80 Å². The Kier molecular flexibility index (Phi) is 8.38. The highest BCUT2D eigenvalue weighted by Crippen LogP contribution is 2.56. The number of nitrogens with two attached hydrogens (primary N) is 1.